The number of rotatable bonds is 6. The molecule has 1 amide bonds. The first-order valence-corrected chi connectivity index (χ1v) is 10.5. The monoisotopic (exact) mass is 430 g/mol. The quantitative estimate of drug-likeness (QED) is 0.356. The van der Waals surface area contributed by atoms with E-state index in [1.165, 1.54) is 5.56 Å². The number of hydrogen-bond acceptors (Lipinski definition) is 5. The molecule has 0 saturated heterocycles. The average molecular weight is 431 g/mol. The van der Waals surface area contributed by atoms with Gasteiger partial charge in [-0.15, -0.1) is 0 Å². The average Bonchev–Trinajstić information content (AvgIpc) is 3.36. The Hall–Kier alpha value is -3.80. The Kier molecular flexibility index (Phi) is 5.86. The second-order valence-corrected chi connectivity index (χ2v) is 7.84. The molecule has 0 spiro atoms. The van der Waals surface area contributed by atoms with Gasteiger partial charge in [0, 0.05) is 34.2 Å². The van der Waals surface area contributed by atoms with Crippen LogP contribution in [-0.2, 0) is 4.79 Å². The van der Waals surface area contributed by atoms with Crippen LogP contribution in [0.1, 0.15) is 36.3 Å². The van der Waals surface area contributed by atoms with E-state index in [0.717, 1.165) is 38.8 Å². The van der Waals surface area contributed by atoms with E-state index in [4.69, 9.17) is 13.7 Å². The molecule has 0 aliphatic carbocycles. The van der Waals surface area contributed by atoms with Gasteiger partial charge in [-0.05, 0) is 51.8 Å². The first-order chi connectivity index (χ1) is 15.4. The number of fused-ring (bicyclic) bond motifs is 1. The summed E-state index contributed by atoms with van der Waals surface area (Å²) in [5.74, 6) is 1.43. The Labute approximate surface area is 186 Å². The number of allylic oxidation sites excluding steroid dienone is 1. The highest BCUT2D eigenvalue weighted by Gasteiger charge is 2.19. The van der Waals surface area contributed by atoms with Crippen LogP contribution in [0.25, 0.3) is 27.7 Å². The van der Waals surface area contributed by atoms with E-state index in [1.54, 1.807) is 25.3 Å². The number of aromatic nitrogens is 1. The lowest BCUT2D eigenvalue weighted by atomic mass is 9.96. The van der Waals surface area contributed by atoms with Crippen molar-refractivity contribution < 1.29 is 18.5 Å². The van der Waals surface area contributed by atoms with E-state index in [9.17, 15) is 4.79 Å². The van der Waals surface area contributed by atoms with Crippen molar-refractivity contribution in [3.05, 3.63) is 71.2 Å². The fourth-order valence-electron chi connectivity index (χ4n) is 3.76. The smallest absolute Gasteiger partial charge is 0.249 e. The Morgan fingerprint density at radius 2 is 1.91 bits per heavy atom. The number of anilines is 1. The molecule has 0 aliphatic heterocycles. The first-order valence-electron chi connectivity index (χ1n) is 10.5. The number of ether oxygens (including phenoxy) is 1. The maximum atomic E-state index is 12.6. The molecule has 1 N–H and O–H groups in total. The van der Waals surface area contributed by atoms with Crippen LogP contribution in [0.2, 0.25) is 0 Å². The summed E-state index contributed by atoms with van der Waals surface area (Å²) in [6.45, 7) is 10.1. The molecular weight excluding hydrogens is 404 g/mol. The number of amides is 1. The van der Waals surface area contributed by atoms with Gasteiger partial charge in [-0.1, -0.05) is 35.0 Å². The van der Waals surface area contributed by atoms with Gasteiger partial charge in [0.2, 0.25) is 5.91 Å². The molecule has 6 nitrogen and oxygen atoms in total. The number of carbonyl (C=O) groups excluding carboxylic acids is 1. The molecule has 164 valence electrons. The molecule has 4 rings (SSSR count). The minimum absolute atomic E-state index is 0.290. The lowest BCUT2D eigenvalue weighted by Gasteiger charge is -2.15. The Balaban J connectivity index is 1.79. The lowest BCUT2D eigenvalue weighted by molar-refractivity contribution is -0.111. The molecule has 32 heavy (non-hydrogen) atoms. The van der Waals surface area contributed by atoms with Crippen LogP contribution in [0.15, 0.2) is 57.7 Å². The number of furan rings is 1. The summed E-state index contributed by atoms with van der Waals surface area (Å²) in [5, 5.41) is 7.51. The summed E-state index contributed by atoms with van der Waals surface area (Å²) >= 11 is 0. The standard InChI is InChI=1S/C26H26N2O4/c1-6-30-25-18(5)26-21(22(14-31-26)19-9-7-15(2)8-10-19)13-20(25)16(3)11-24(29)27-23-12-17(4)32-28-23/h7-14H,6H2,1-5H3,(H,27,28,29)/b16-11+. The van der Waals surface area contributed by atoms with Crippen LogP contribution >= 0.6 is 0 Å². The Morgan fingerprint density at radius 1 is 1.16 bits per heavy atom. The number of carbonyl (C=O) groups is 1. The highest BCUT2D eigenvalue weighted by atomic mass is 16.5. The van der Waals surface area contributed by atoms with Crippen LogP contribution in [0.3, 0.4) is 0 Å². The van der Waals surface area contributed by atoms with Gasteiger partial charge < -0.3 is 19.0 Å². The lowest BCUT2D eigenvalue weighted by Crippen LogP contribution is -2.09. The van der Waals surface area contributed by atoms with Crippen LogP contribution in [-0.4, -0.2) is 17.7 Å². The van der Waals surface area contributed by atoms with E-state index in [0.29, 0.717) is 23.9 Å². The van der Waals surface area contributed by atoms with Crippen LogP contribution in [0, 0.1) is 20.8 Å². The normalized spacial score (nSPS) is 11.7. The molecule has 4 aromatic rings. The third-order valence-corrected chi connectivity index (χ3v) is 5.35. The van der Waals surface area contributed by atoms with Crippen molar-refractivity contribution in [1.82, 2.24) is 5.16 Å². The van der Waals surface area contributed by atoms with Gasteiger partial charge in [-0.25, -0.2) is 0 Å². The maximum Gasteiger partial charge on any atom is 0.249 e. The van der Waals surface area contributed by atoms with Crippen LogP contribution in [0.4, 0.5) is 5.82 Å². The fourth-order valence-corrected chi connectivity index (χ4v) is 3.76. The van der Waals surface area contributed by atoms with Crippen molar-refractivity contribution in [2.45, 2.75) is 34.6 Å². The molecule has 0 bridgehead atoms. The van der Waals surface area contributed by atoms with E-state index in [2.05, 4.69) is 41.7 Å². The van der Waals surface area contributed by atoms with Gasteiger partial charge in [0.1, 0.15) is 17.1 Å². The van der Waals surface area contributed by atoms with E-state index in [1.807, 2.05) is 26.8 Å². The molecular formula is C26H26N2O4. The molecule has 2 heterocycles. The number of nitrogens with one attached hydrogen (secondary N) is 1. The van der Waals surface area contributed by atoms with Crippen LogP contribution in [0.5, 0.6) is 5.75 Å². The minimum Gasteiger partial charge on any atom is -0.493 e. The Bertz CT molecular complexity index is 1310. The molecule has 2 aromatic carbocycles. The molecule has 0 saturated carbocycles. The number of aryl methyl sites for hydroxylation is 3. The summed E-state index contributed by atoms with van der Waals surface area (Å²) in [7, 11) is 0. The van der Waals surface area contributed by atoms with E-state index in [-0.39, 0.29) is 5.91 Å². The molecule has 0 fully saturated rings. The van der Waals surface area contributed by atoms with Gasteiger partial charge >= 0.3 is 0 Å². The maximum absolute atomic E-state index is 12.6. The first kappa shape index (κ1) is 21.4. The third-order valence-electron chi connectivity index (χ3n) is 5.35. The topological polar surface area (TPSA) is 77.5 Å². The minimum atomic E-state index is -0.290. The van der Waals surface area contributed by atoms with Gasteiger partial charge in [-0.3, -0.25) is 4.79 Å². The summed E-state index contributed by atoms with van der Waals surface area (Å²) < 4.78 is 16.9. The van der Waals surface area contributed by atoms with Crippen LogP contribution < -0.4 is 10.1 Å². The van der Waals surface area contributed by atoms with Crippen molar-refractivity contribution >= 4 is 28.3 Å². The highest BCUT2D eigenvalue weighted by Crippen LogP contribution is 2.40. The number of hydrogen-bond donors (Lipinski definition) is 1. The van der Waals surface area contributed by atoms with E-state index < -0.39 is 0 Å². The van der Waals surface area contributed by atoms with Crippen molar-refractivity contribution in [2.75, 3.05) is 11.9 Å². The molecule has 2 aromatic heterocycles. The summed E-state index contributed by atoms with van der Waals surface area (Å²) in [5.41, 5.74) is 6.57. The fraction of sp³-hybridized carbons (Fsp3) is 0.231. The SMILES string of the molecule is CCOc1c(/C(C)=C/C(=O)Nc2cc(C)on2)cc2c(-c3ccc(C)cc3)coc2c1C. The van der Waals surface area contributed by atoms with Gasteiger partial charge in [0.25, 0.3) is 0 Å². The largest absolute Gasteiger partial charge is 0.493 e. The predicted octanol–water partition coefficient (Wildman–Crippen LogP) is 6.45. The van der Waals surface area contributed by atoms with Crippen molar-refractivity contribution in [1.29, 1.82) is 0 Å². The van der Waals surface area contributed by atoms with Gasteiger partial charge in [-0.2, -0.15) is 0 Å². The zero-order valence-electron chi connectivity index (χ0n) is 18.9. The number of benzene rings is 2. The van der Waals surface area contributed by atoms with Gasteiger partial charge in [0.15, 0.2) is 5.82 Å². The highest BCUT2D eigenvalue weighted by molar-refractivity contribution is 6.05. The van der Waals surface area contributed by atoms with E-state index >= 15 is 0 Å². The van der Waals surface area contributed by atoms with Crippen molar-refractivity contribution in [3.8, 4) is 16.9 Å². The molecule has 0 unspecified atom stereocenters. The predicted molar refractivity (Wildman–Crippen MR) is 126 cm³/mol. The third kappa shape index (κ3) is 4.17. The molecule has 6 heteroatoms. The van der Waals surface area contributed by atoms with Gasteiger partial charge in [0.05, 0.1) is 12.9 Å². The molecule has 0 aliphatic rings. The second kappa shape index (κ2) is 8.75. The molecule has 0 atom stereocenters. The summed E-state index contributed by atoms with van der Waals surface area (Å²) in [4.78, 5) is 12.6. The summed E-state index contributed by atoms with van der Waals surface area (Å²) in [6.07, 6.45) is 3.32. The Morgan fingerprint density at radius 3 is 2.56 bits per heavy atom. The number of nitrogens with zero attached hydrogens (tertiary/aromatic N) is 1. The van der Waals surface area contributed by atoms with Crippen molar-refractivity contribution in [3.63, 3.8) is 0 Å². The second-order valence-electron chi connectivity index (χ2n) is 7.84. The summed E-state index contributed by atoms with van der Waals surface area (Å²) in [6, 6.07) is 12.0. The zero-order chi connectivity index (χ0) is 22.8. The zero-order valence-corrected chi connectivity index (χ0v) is 18.9. The van der Waals surface area contributed by atoms with Crippen molar-refractivity contribution in [2.24, 2.45) is 0 Å². The molecule has 0 radical (unpaired) electrons.